The van der Waals surface area contributed by atoms with Crippen LogP contribution in [-0.4, -0.2) is 64.9 Å². The molecule has 2 aromatic rings. The minimum absolute atomic E-state index is 0.103. The van der Waals surface area contributed by atoms with Gasteiger partial charge in [-0.05, 0) is 0 Å². The number of aromatic nitrogens is 4. The van der Waals surface area contributed by atoms with Gasteiger partial charge in [0.15, 0.2) is 11.6 Å². The summed E-state index contributed by atoms with van der Waals surface area (Å²) in [4.78, 5) is 7.77. The predicted molar refractivity (Wildman–Crippen MR) is 59.2 cm³/mol. The number of nitrogens with zero attached hydrogens (tertiary/aromatic N) is 4. The molecule has 19 heavy (non-hydrogen) atoms. The molecule has 9 heteroatoms. The highest BCUT2D eigenvalue weighted by molar-refractivity contribution is 5.50. The molecule has 0 amide bonds. The van der Waals surface area contributed by atoms with Gasteiger partial charge < -0.3 is 25.2 Å². The second-order valence-electron chi connectivity index (χ2n) is 4.28. The largest absolute Gasteiger partial charge is 0.503 e. The van der Waals surface area contributed by atoms with Crippen LogP contribution in [0.3, 0.4) is 0 Å². The van der Waals surface area contributed by atoms with Crippen LogP contribution in [0.25, 0.3) is 5.65 Å². The van der Waals surface area contributed by atoms with E-state index in [4.69, 9.17) is 9.84 Å². The standard InChI is InChI=1S/C10H12N4O5/c15-2-5-6(17)7(18)8(19-5)9-12-10-4(16)1-11-3-14(10)13-9/h1,3,5-8,15-18H,2H2/t5-,6-,7-,8-/m1/s1. The molecular weight excluding hydrogens is 256 g/mol. The second kappa shape index (κ2) is 4.38. The molecule has 0 unspecified atom stereocenters. The third-order valence-electron chi connectivity index (χ3n) is 3.05. The zero-order valence-corrected chi connectivity index (χ0v) is 9.66. The molecule has 1 saturated heterocycles. The fourth-order valence-electron chi connectivity index (χ4n) is 2.05. The van der Waals surface area contributed by atoms with Crippen molar-refractivity contribution in [2.24, 2.45) is 0 Å². The summed E-state index contributed by atoms with van der Waals surface area (Å²) in [6.45, 7) is -0.422. The van der Waals surface area contributed by atoms with Gasteiger partial charge in [0.2, 0.25) is 5.65 Å². The molecule has 0 spiro atoms. The maximum Gasteiger partial charge on any atom is 0.201 e. The van der Waals surface area contributed by atoms with Gasteiger partial charge >= 0.3 is 0 Å². The van der Waals surface area contributed by atoms with Crippen molar-refractivity contribution in [2.75, 3.05) is 6.61 Å². The van der Waals surface area contributed by atoms with Crippen LogP contribution in [0.15, 0.2) is 12.5 Å². The number of fused-ring (bicyclic) bond motifs is 1. The zero-order chi connectivity index (χ0) is 13.6. The van der Waals surface area contributed by atoms with Crippen molar-refractivity contribution in [3.05, 3.63) is 18.3 Å². The lowest BCUT2D eigenvalue weighted by molar-refractivity contribution is -0.0252. The molecular formula is C10H12N4O5. The SMILES string of the molecule is OC[C@H]1O[C@@H](c2nc3c(O)cncn3n2)[C@H](O)[C@@H]1O. The Bertz CT molecular complexity index is 603. The van der Waals surface area contributed by atoms with Gasteiger partial charge in [-0.15, -0.1) is 5.10 Å². The normalized spacial score (nSPS) is 31.1. The summed E-state index contributed by atoms with van der Waals surface area (Å²) in [7, 11) is 0. The highest BCUT2D eigenvalue weighted by Gasteiger charge is 2.45. The number of ether oxygens (including phenoxy) is 1. The first-order valence-electron chi connectivity index (χ1n) is 5.63. The number of hydrogen-bond donors (Lipinski definition) is 4. The van der Waals surface area contributed by atoms with Crippen molar-refractivity contribution >= 4 is 5.65 Å². The van der Waals surface area contributed by atoms with Crippen molar-refractivity contribution in [1.29, 1.82) is 0 Å². The van der Waals surface area contributed by atoms with Gasteiger partial charge in [0.1, 0.15) is 30.7 Å². The van der Waals surface area contributed by atoms with Crippen molar-refractivity contribution < 1.29 is 25.2 Å². The van der Waals surface area contributed by atoms with Gasteiger partial charge in [0.25, 0.3) is 0 Å². The van der Waals surface area contributed by atoms with Gasteiger partial charge in [0, 0.05) is 0 Å². The van der Waals surface area contributed by atoms with E-state index in [1.807, 2.05) is 0 Å². The van der Waals surface area contributed by atoms with Crippen LogP contribution in [0.5, 0.6) is 5.75 Å². The van der Waals surface area contributed by atoms with E-state index in [2.05, 4.69) is 15.1 Å². The summed E-state index contributed by atoms with van der Waals surface area (Å²) in [5.74, 6) is -0.0567. The van der Waals surface area contributed by atoms with E-state index in [-0.39, 0.29) is 17.2 Å². The molecule has 0 aromatic carbocycles. The molecule has 3 rings (SSSR count). The fourth-order valence-corrected chi connectivity index (χ4v) is 2.05. The summed E-state index contributed by atoms with van der Waals surface area (Å²) >= 11 is 0. The highest BCUT2D eigenvalue weighted by Crippen LogP contribution is 2.32. The maximum atomic E-state index is 9.85. The van der Waals surface area contributed by atoms with Gasteiger partial charge in [-0.1, -0.05) is 0 Å². The lowest BCUT2D eigenvalue weighted by atomic mass is 10.1. The summed E-state index contributed by atoms with van der Waals surface area (Å²) < 4.78 is 6.54. The summed E-state index contributed by atoms with van der Waals surface area (Å²) in [6.07, 6.45) is -1.76. The molecule has 1 aliphatic heterocycles. The summed E-state index contributed by atoms with van der Waals surface area (Å²) in [5.41, 5.74) is 0.169. The Labute approximate surface area is 106 Å². The Morgan fingerprint density at radius 2 is 2.11 bits per heavy atom. The Morgan fingerprint density at radius 1 is 1.32 bits per heavy atom. The Hall–Kier alpha value is -1.81. The van der Waals surface area contributed by atoms with E-state index in [1.165, 1.54) is 17.0 Å². The molecule has 2 aromatic heterocycles. The quantitative estimate of drug-likeness (QED) is 0.490. The first-order chi connectivity index (χ1) is 9.11. The van der Waals surface area contributed by atoms with Crippen LogP contribution in [0.4, 0.5) is 0 Å². The summed E-state index contributed by atoms with van der Waals surface area (Å²) in [5, 5.41) is 42.1. The van der Waals surface area contributed by atoms with Gasteiger partial charge in [0.05, 0.1) is 12.8 Å². The van der Waals surface area contributed by atoms with Crippen LogP contribution in [0, 0.1) is 0 Å². The Balaban J connectivity index is 1.99. The predicted octanol–water partition coefficient (Wildman–Crippen LogP) is -2.02. The molecule has 4 atom stereocenters. The van der Waals surface area contributed by atoms with Crippen molar-refractivity contribution in [2.45, 2.75) is 24.4 Å². The monoisotopic (exact) mass is 268 g/mol. The minimum Gasteiger partial charge on any atom is -0.503 e. The van der Waals surface area contributed by atoms with Crippen LogP contribution in [-0.2, 0) is 4.74 Å². The van der Waals surface area contributed by atoms with E-state index < -0.39 is 31.0 Å². The summed E-state index contributed by atoms with van der Waals surface area (Å²) in [6, 6.07) is 0. The number of aliphatic hydroxyl groups excluding tert-OH is 3. The molecule has 3 heterocycles. The fraction of sp³-hybridized carbons (Fsp3) is 0.500. The van der Waals surface area contributed by atoms with E-state index in [0.29, 0.717) is 0 Å². The van der Waals surface area contributed by atoms with Crippen molar-refractivity contribution in [3.63, 3.8) is 0 Å². The highest BCUT2D eigenvalue weighted by atomic mass is 16.6. The number of aliphatic hydroxyl groups is 3. The van der Waals surface area contributed by atoms with Gasteiger partial charge in [-0.2, -0.15) is 4.52 Å². The van der Waals surface area contributed by atoms with E-state index in [1.54, 1.807) is 0 Å². The number of hydrogen-bond acceptors (Lipinski definition) is 8. The first kappa shape index (κ1) is 12.2. The van der Waals surface area contributed by atoms with Crippen LogP contribution in [0.1, 0.15) is 11.9 Å². The van der Waals surface area contributed by atoms with E-state index in [0.717, 1.165) is 0 Å². The van der Waals surface area contributed by atoms with Crippen LogP contribution >= 0.6 is 0 Å². The minimum atomic E-state index is -1.25. The van der Waals surface area contributed by atoms with Gasteiger partial charge in [-0.3, -0.25) is 0 Å². The Kier molecular flexibility index (Phi) is 2.82. The topological polar surface area (TPSA) is 133 Å². The molecule has 0 aliphatic carbocycles. The van der Waals surface area contributed by atoms with Crippen molar-refractivity contribution in [1.82, 2.24) is 19.6 Å². The van der Waals surface area contributed by atoms with Gasteiger partial charge in [-0.25, -0.2) is 9.97 Å². The average Bonchev–Trinajstić information content (AvgIpc) is 2.94. The van der Waals surface area contributed by atoms with Crippen LogP contribution in [0.2, 0.25) is 0 Å². The average molecular weight is 268 g/mol. The third kappa shape index (κ3) is 1.83. The third-order valence-corrected chi connectivity index (χ3v) is 3.05. The molecule has 4 N–H and O–H groups in total. The lowest BCUT2D eigenvalue weighted by Crippen LogP contribution is -2.32. The maximum absolute atomic E-state index is 9.85. The molecule has 0 bridgehead atoms. The molecule has 9 nitrogen and oxygen atoms in total. The van der Waals surface area contributed by atoms with Crippen molar-refractivity contribution in [3.8, 4) is 5.75 Å². The first-order valence-corrected chi connectivity index (χ1v) is 5.63. The number of aromatic hydroxyl groups is 1. The lowest BCUT2D eigenvalue weighted by Gasteiger charge is -2.10. The van der Waals surface area contributed by atoms with E-state index >= 15 is 0 Å². The second-order valence-corrected chi connectivity index (χ2v) is 4.28. The molecule has 1 fully saturated rings. The molecule has 0 saturated carbocycles. The molecule has 1 aliphatic rings. The number of rotatable bonds is 2. The molecule has 0 radical (unpaired) electrons. The van der Waals surface area contributed by atoms with Crippen LogP contribution < -0.4 is 0 Å². The smallest absolute Gasteiger partial charge is 0.201 e. The Morgan fingerprint density at radius 3 is 2.74 bits per heavy atom. The zero-order valence-electron chi connectivity index (χ0n) is 9.66. The molecule has 102 valence electrons. The van der Waals surface area contributed by atoms with E-state index in [9.17, 15) is 15.3 Å².